The molecule has 14 nitrogen and oxygen atoms in total. The molecule has 14 heteroatoms. The van der Waals surface area contributed by atoms with E-state index in [0.717, 1.165) is 0 Å². The molecule has 0 saturated carbocycles. The van der Waals surface area contributed by atoms with Crippen LogP contribution in [0.25, 0.3) is 33.3 Å². The molecule has 210 valence electrons. The van der Waals surface area contributed by atoms with Crippen molar-refractivity contribution in [3.8, 4) is 17.2 Å². The molecule has 0 spiro atoms. The standard InChI is InChI=1S/C28H22N8O6/c1-11-29-17-4-14(20(37)8-23(17)40-11)5-26-34-27(32-15-6-18-24(9-21(15)38)41-12(2)30-18)36-28(35-26)33-16-7-19-25(10-22(16)39)42-13(3)31-19/h4,6-10,37-39H,5H2,1-3H3,(H2,32,33,34,35,36). The van der Waals surface area contributed by atoms with Crippen molar-refractivity contribution in [1.82, 2.24) is 29.9 Å². The number of anilines is 4. The van der Waals surface area contributed by atoms with Crippen molar-refractivity contribution in [3.05, 3.63) is 65.5 Å². The van der Waals surface area contributed by atoms with Crippen molar-refractivity contribution in [1.29, 1.82) is 0 Å². The third-order valence-electron chi connectivity index (χ3n) is 6.44. The van der Waals surface area contributed by atoms with Crippen LogP contribution in [0, 0.1) is 20.8 Å². The van der Waals surface area contributed by atoms with Crippen LogP contribution in [0.5, 0.6) is 17.2 Å². The van der Waals surface area contributed by atoms with Crippen LogP contribution >= 0.6 is 0 Å². The van der Waals surface area contributed by atoms with E-state index in [0.29, 0.717) is 56.5 Å². The van der Waals surface area contributed by atoms with Gasteiger partial charge in [-0.25, -0.2) is 15.0 Å². The van der Waals surface area contributed by atoms with Crippen molar-refractivity contribution < 1.29 is 28.6 Å². The lowest BCUT2D eigenvalue weighted by molar-refractivity contribution is 0.467. The average Bonchev–Trinajstić information content (AvgIpc) is 3.58. The Morgan fingerprint density at radius 3 is 1.45 bits per heavy atom. The van der Waals surface area contributed by atoms with Gasteiger partial charge in [0.05, 0.1) is 11.4 Å². The molecular weight excluding hydrogens is 544 g/mol. The minimum Gasteiger partial charge on any atom is -0.508 e. The van der Waals surface area contributed by atoms with Crippen LogP contribution in [0.3, 0.4) is 0 Å². The molecule has 4 aromatic heterocycles. The number of oxazole rings is 3. The molecule has 0 bridgehead atoms. The van der Waals surface area contributed by atoms with Crippen molar-refractivity contribution >= 4 is 56.6 Å². The van der Waals surface area contributed by atoms with E-state index in [1.807, 2.05) is 0 Å². The monoisotopic (exact) mass is 566 g/mol. The topological polar surface area (TPSA) is 202 Å². The van der Waals surface area contributed by atoms with E-state index >= 15 is 0 Å². The molecular formula is C28H22N8O6. The SMILES string of the molecule is Cc1nc2cc(Cc3nc(Nc4cc5nc(C)oc5cc4O)nc(Nc4cc5nc(C)oc5cc4O)n3)c(O)cc2o1. The van der Waals surface area contributed by atoms with Crippen LogP contribution in [0.1, 0.15) is 29.1 Å². The maximum atomic E-state index is 10.7. The molecule has 0 aliphatic heterocycles. The van der Waals surface area contributed by atoms with Gasteiger partial charge in [0.1, 0.15) is 39.6 Å². The summed E-state index contributed by atoms with van der Waals surface area (Å²) >= 11 is 0. The fourth-order valence-corrected chi connectivity index (χ4v) is 4.64. The van der Waals surface area contributed by atoms with Gasteiger partial charge in [0.25, 0.3) is 0 Å². The Kier molecular flexibility index (Phi) is 5.57. The van der Waals surface area contributed by atoms with Gasteiger partial charge in [-0.2, -0.15) is 15.0 Å². The minimum atomic E-state index is -0.107. The molecule has 0 atom stereocenters. The Labute approximate surface area is 235 Å². The smallest absolute Gasteiger partial charge is 0.232 e. The van der Waals surface area contributed by atoms with Crippen LogP contribution in [0.4, 0.5) is 23.3 Å². The number of phenolic OH excluding ortho intramolecular Hbond substituents is 3. The number of aryl methyl sites for hydroxylation is 3. The quantitative estimate of drug-likeness (QED) is 0.160. The number of hydrogen-bond donors (Lipinski definition) is 5. The van der Waals surface area contributed by atoms with E-state index < -0.39 is 0 Å². The first kappa shape index (κ1) is 25.1. The first-order chi connectivity index (χ1) is 20.2. The number of phenols is 3. The Bertz CT molecular complexity index is 1910. The molecule has 0 fully saturated rings. The predicted molar refractivity (Wildman–Crippen MR) is 150 cm³/mol. The summed E-state index contributed by atoms with van der Waals surface area (Å²) in [7, 11) is 0. The highest BCUT2D eigenvalue weighted by Crippen LogP contribution is 2.34. The third kappa shape index (κ3) is 4.60. The van der Waals surface area contributed by atoms with E-state index in [4.69, 9.17) is 13.3 Å². The second-order valence-electron chi connectivity index (χ2n) is 9.65. The zero-order chi connectivity index (χ0) is 29.1. The number of hydrogen-bond acceptors (Lipinski definition) is 14. The van der Waals surface area contributed by atoms with E-state index in [1.54, 1.807) is 39.0 Å². The Morgan fingerprint density at radius 2 is 0.976 bits per heavy atom. The van der Waals surface area contributed by atoms with Crippen molar-refractivity contribution in [2.45, 2.75) is 27.2 Å². The molecule has 4 heterocycles. The number of rotatable bonds is 6. The Morgan fingerprint density at radius 1 is 0.548 bits per heavy atom. The number of benzene rings is 3. The van der Waals surface area contributed by atoms with Gasteiger partial charge in [-0.3, -0.25) is 0 Å². The van der Waals surface area contributed by atoms with Gasteiger partial charge in [0.15, 0.2) is 34.4 Å². The minimum absolute atomic E-state index is 0.0166. The molecule has 3 aromatic carbocycles. The van der Waals surface area contributed by atoms with E-state index in [-0.39, 0.29) is 52.8 Å². The molecule has 0 saturated heterocycles. The largest absolute Gasteiger partial charge is 0.508 e. The fourth-order valence-electron chi connectivity index (χ4n) is 4.64. The molecule has 42 heavy (non-hydrogen) atoms. The summed E-state index contributed by atoms with van der Waals surface area (Å²) in [6.07, 6.45) is 0.0978. The van der Waals surface area contributed by atoms with Crippen molar-refractivity contribution in [2.24, 2.45) is 0 Å². The summed E-state index contributed by atoms with van der Waals surface area (Å²) in [5, 5.41) is 38.0. The first-order valence-electron chi connectivity index (χ1n) is 12.8. The van der Waals surface area contributed by atoms with Crippen LogP contribution in [-0.4, -0.2) is 45.2 Å². The molecule has 7 aromatic rings. The second-order valence-corrected chi connectivity index (χ2v) is 9.65. The van der Waals surface area contributed by atoms with Gasteiger partial charge in [-0.1, -0.05) is 0 Å². The van der Waals surface area contributed by atoms with Gasteiger partial charge in [0.2, 0.25) is 11.9 Å². The fraction of sp³-hybridized carbons (Fsp3) is 0.143. The first-order valence-corrected chi connectivity index (χ1v) is 12.8. The maximum Gasteiger partial charge on any atom is 0.232 e. The normalized spacial score (nSPS) is 11.6. The van der Waals surface area contributed by atoms with Gasteiger partial charge in [-0.05, 0) is 18.2 Å². The summed E-state index contributed by atoms with van der Waals surface area (Å²) in [5.74, 6) is 1.56. The number of aromatic hydroxyl groups is 3. The van der Waals surface area contributed by atoms with E-state index in [9.17, 15) is 15.3 Å². The summed E-state index contributed by atoms with van der Waals surface area (Å²) in [6, 6.07) is 9.29. The lowest BCUT2D eigenvalue weighted by Gasteiger charge is -2.12. The number of nitrogens with zero attached hydrogens (tertiary/aromatic N) is 6. The molecule has 0 amide bonds. The lowest BCUT2D eigenvalue weighted by Crippen LogP contribution is -2.08. The van der Waals surface area contributed by atoms with Crippen LogP contribution in [0.2, 0.25) is 0 Å². The van der Waals surface area contributed by atoms with Gasteiger partial charge < -0.3 is 39.2 Å². The maximum absolute atomic E-state index is 10.7. The highest BCUT2D eigenvalue weighted by atomic mass is 16.4. The van der Waals surface area contributed by atoms with E-state index in [2.05, 4.69) is 40.5 Å². The van der Waals surface area contributed by atoms with Crippen molar-refractivity contribution in [3.63, 3.8) is 0 Å². The second kappa shape index (κ2) is 9.33. The van der Waals surface area contributed by atoms with E-state index in [1.165, 1.54) is 18.2 Å². The molecule has 0 aliphatic carbocycles. The molecule has 7 rings (SSSR count). The molecule has 0 radical (unpaired) electrons. The summed E-state index contributed by atoms with van der Waals surface area (Å²) < 4.78 is 16.5. The molecule has 0 unspecified atom stereocenters. The van der Waals surface area contributed by atoms with Gasteiger partial charge in [-0.15, -0.1) is 0 Å². The molecule has 5 N–H and O–H groups in total. The van der Waals surface area contributed by atoms with Crippen molar-refractivity contribution in [2.75, 3.05) is 10.6 Å². The van der Waals surface area contributed by atoms with Crippen LogP contribution in [0.15, 0.2) is 49.6 Å². The number of fused-ring (bicyclic) bond motifs is 3. The van der Waals surface area contributed by atoms with Crippen LogP contribution in [-0.2, 0) is 6.42 Å². The average molecular weight is 567 g/mol. The summed E-state index contributed by atoms with van der Waals surface area (Å²) in [5.41, 5.74) is 4.01. The van der Waals surface area contributed by atoms with Gasteiger partial charge >= 0.3 is 0 Å². The predicted octanol–water partition coefficient (Wildman–Crippen LogP) is 5.42. The number of aromatic nitrogens is 6. The van der Waals surface area contributed by atoms with Crippen LogP contribution < -0.4 is 10.6 Å². The highest BCUT2D eigenvalue weighted by molar-refractivity contribution is 5.84. The Balaban J connectivity index is 1.29. The highest BCUT2D eigenvalue weighted by Gasteiger charge is 2.17. The lowest BCUT2D eigenvalue weighted by atomic mass is 10.1. The third-order valence-corrected chi connectivity index (χ3v) is 6.44. The number of nitrogens with one attached hydrogen (secondary N) is 2. The summed E-state index contributed by atoms with van der Waals surface area (Å²) in [4.78, 5) is 26.4. The zero-order valence-corrected chi connectivity index (χ0v) is 22.4. The Hall–Kier alpha value is -5.92. The zero-order valence-electron chi connectivity index (χ0n) is 22.4. The summed E-state index contributed by atoms with van der Waals surface area (Å²) in [6.45, 7) is 5.14. The van der Waals surface area contributed by atoms with Gasteiger partial charge in [0, 0.05) is 51.0 Å². The molecule has 0 aliphatic rings.